The Morgan fingerprint density at radius 2 is 1.85 bits per heavy atom. The van der Waals surface area contributed by atoms with Gasteiger partial charge in [-0.1, -0.05) is 23.7 Å². The molecule has 0 aliphatic heterocycles. The number of rotatable bonds is 7. The van der Waals surface area contributed by atoms with Gasteiger partial charge < -0.3 is 19.5 Å². The van der Waals surface area contributed by atoms with Crippen LogP contribution < -0.4 is 4.74 Å². The number of alkyl halides is 2. The zero-order valence-corrected chi connectivity index (χ0v) is 15.0. The number of aromatic hydroxyl groups is 1. The number of phenolic OH excluding ortho intramolecular Hbond substituents is 1. The number of nitrogens with zero attached hydrogens (tertiary/aromatic N) is 1. The summed E-state index contributed by atoms with van der Waals surface area (Å²) in [5.74, 6) is -1.68. The minimum Gasteiger partial charge on any atom is -0.507 e. The van der Waals surface area contributed by atoms with E-state index in [0.717, 1.165) is 0 Å². The van der Waals surface area contributed by atoms with E-state index >= 15 is 0 Å². The third-order valence-corrected chi connectivity index (χ3v) is 3.74. The van der Waals surface area contributed by atoms with E-state index in [1.807, 2.05) is 0 Å². The number of hydrogen-bond acceptors (Lipinski definition) is 5. The first-order valence-corrected chi connectivity index (χ1v) is 8.07. The van der Waals surface area contributed by atoms with E-state index in [1.165, 1.54) is 42.3 Å². The van der Waals surface area contributed by atoms with Crippen molar-refractivity contribution in [1.29, 1.82) is 0 Å². The molecule has 1 N–H and O–H groups in total. The summed E-state index contributed by atoms with van der Waals surface area (Å²) in [5.41, 5.74) is 0.568. The standard InChI is InChI=1S/C18H16ClF2NO5/c1-22(9-11-2-5-13(6-3-11)27-18(20)21)16(24)10-26-17(25)14-7-4-12(19)8-15(14)23/h2-8,18,23H,9-10H2,1H3. The van der Waals surface area contributed by atoms with Crippen molar-refractivity contribution < 1.29 is 33.0 Å². The first kappa shape index (κ1) is 20.4. The second-order valence-electron chi connectivity index (χ2n) is 5.51. The van der Waals surface area contributed by atoms with Crippen molar-refractivity contribution in [3.8, 4) is 11.5 Å². The molecule has 0 heterocycles. The predicted octanol–water partition coefficient (Wildman–Crippen LogP) is 3.46. The molecule has 0 atom stereocenters. The summed E-state index contributed by atoms with van der Waals surface area (Å²) in [5, 5.41) is 9.92. The molecule has 1 amide bonds. The molecule has 0 saturated carbocycles. The van der Waals surface area contributed by atoms with Crippen LogP contribution in [0.3, 0.4) is 0 Å². The number of halogens is 3. The van der Waals surface area contributed by atoms with E-state index in [1.54, 1.807) is 12.1 Å². The number of carbonyl (C=O) groups is 2. The molecule has 2 aromatic rings. The zero-order chi connectivity index (χ0) is 20.0. The van der Waals surface area contributed by atoms with Gasteiger partial charge in [0.15, 0.2) is 6.61 Å². The molecule has 0 aromatic heterocycles. The monoisotopic (exact) mass is 399 g/mol. The third kappa shape index (κ3) is 6.10. The van der Waals surface area contributed by atoms with Crippen molar-refractivity contribution in [1.82, 2.24) is 4.90 Å². The maximum Gasteiger partial charge on any atom is 0.387 e. The van der Waals surface area contributed by atoms with Crippen molar-refractivity contribution >= 4 is 23.5 Å². The van der Waals surface area contributed by atoms with Gasteiger partial charge in [-0.15, -0.1) is 0 Å². The van der Waals surface area contributed by atoms with E-state index in [9.17, 15) is 23.5 Å². The van der Waals surface area contributed by atoms with E-state index in [-0.39, 0.29) is 28.6 Å². The third-order valence-electron chi connectivity index (χ3n) is 3.50. The summed E-state index contributed by atoms with van der Waals surface area (Å²) in [6.45, 7) is -3.25. The number of phenols is 1. The summed E-state index contributed by atoms with van der Waals surface area (Å²) in [7, 11) is 1.50. The van der Waals surface area contributed by atoms with Gasteiger partial charge in [0.05, 0.1) is 0 Å². The molecule has 0 aliphatic rings. The lowest BCUT2D eigenvalue weighted by molar-refractivity contribution is -0.133. The molecule has 0 aliphatic carbocycles. The van der Waals surface area contributed by atoms with Crippen LogP contribution >= 0.6 is 11.6 Å². The second kappa shape index (κ2) is 9.18. The molecule has 0 radical (unpaired) electrons. The molecule has 144 valence electrons. The zero-order valence-electron chi connectivity index (χ0n) is 14.2. The van der Waals surface area contributed by atoms with Gasteiger partial charge >= 0.3 is 12.6 Å². The molecule has 9 heteroatoms. The summed E-state index contributed by atoms with van der Waals surface area (Å²) in [4.78, 5) is 25.3. The van der Waals surface area contributed by atoms with Crippen molar-refractivity contribution in [2.24, 2.45) is 0 Å². The fourth-order valence-corrected chi connectivity index (χ4v) is 2.30. The maximum absolute atomic E-state index is 12.1. The lowest BCUT2D eigenvalue weighted by Gasteiger charge is -2.17. The Bertz CT molecular complexity index is 814. The molecule has 0 fully saturated rings. The summed E-state index contributed by atoms with van der Waals surface area (Å²) in [6.07, 6.45) is 0. The summed E-state index contributed by atoms with van der Waals surface area (Å²) in [6, 6.07) is 9.70. The van der Waals surface area contributed by atoms with Gasteiger partial charge in [0.25, 0.3) is 5.91 Å². The van der Waals surface area contributed by atoms with Crippen LogP contribution in [0, 0.1) is 0 Å². The summed E-state index contributed by atoms with van der Waals surface area (Å²) < 4.78 is 33.4. The van der Waals surface area contributed by atoms with Crippen LogP contribution in [0.25, 0.3) is 0 Å². The number of ether oxygens (including phenoxy) is 2. The van der Waals surface area contributed by atoms with Gasteiger partial charge in [0.1, 0.15) is 17.1 Å². The second-order valence-corrected chi connectivity index (χ2v) is 5.95. The molecular weight excluding hydrogens is 384 g/mol. The molecule has 0 spiro atoms. The molecular formula is C18H16ClF2NO5. The Morgan fingerprint density at radius 1 is 1.19 bits per heavy atom. The normalized spacial score (nSPS) is 10.6. The minimum absolute atomic E-state index is 0.0134. The Kier molecular flexibility index (Phi) is 6.95. The topological polar surface area (TPSA) is 76.1 Å². The number of carbonyl (C=O) groups excluding carboxylic acids is 2. The lowest BCUT2D eigenvalue weighted by Crippen LogP contribution is -2.30. The van der Waals surface area contributed by atoms with Crippen molar-refractivity contribution in [3.05, 3.63) is 58.6 Å². The number of amides is 1. The molecule has 2 rings (SSSR count). The van der Waals surface area contributed by atoms with Gasteiger partial charge in [0.2, 0.25) is 0 Å². The Hall–Kier alpha value is -2.87. The fraction of sp³-hybridized carbons (Fsp3) is 0.222. The van der Waals surface area contributed by atoms with Crippen LogP contribution in [-0.2, 0) is 16.1 Å². The smallest absolute Gasteiger partial charge is 0.387 e. The average molecular weight is 400 g/mol. The highest BCUT2D eigenvalue weighted by molar-refractivity contribution is 6.30. The van der Waals surface area contributed by atoms with Gasteiger partial charge in [-0.2, -0.15) is 8.78 Å². The molecule has 0 bridgehead atoms. The van der Waals surface area contributed by atoms with Gasteiger partial charge in [-0.25, -0.2) is 4.79 Å². The predicted molar refractivity (Wildman–Crippen MR) is 92.9 cm³/mol. The summed E-state index contributed by atoms with van der Waals surface area (Å²) >= 11 is 5.68. The van der Waals surface area contributed by atoms with E-state index < -0.39 is 25.1 Å². The molecule has 2 aromatic carbocycles. The lowest BCUT2D eigenvalue weighted by atomic mass is 10.2. The Labute approximate surface area is 158 Å². The fourth-order valence-electron chi connectivity index (χ4n) is 2.13. The number of benzene rings is 2. The quantitative estimate of drug-likeness (QED) is 0.721. The van der Waals surface area contributed by atoms with Crippen LogP contribution in [-0.4, -0.2) is 42.1 Å². The Morgan fingerprint density at radius 3 is 2.44 bits per heavy atom. The Balaban J connectivity index is 1.87. The number of likely N-dealkylation sites (N-methyl/N-ethyl adjacent to an activating group) is 1. The van der Waals surface area contributed by atoms with Gasteiger partial charge in [-0.05, 0) is 35.9 Å². The van der Waals surface area contributed by atoms with Crippen LogP contribution in [0.4, 0.5) is 8.78 Å². The highest BCUT2D eigenvalue weighted by Gasteiger charge is 2.17. The van der Waals surface area contributed by atoms with Crippen molar-refractivity contribution in [3.63, 3.8) is 0 Å². The molecule has 0 unspecified atom stereocenters. The van der Waals surface area contributed by atoms with Crippen molar-refractivity contribution in [2.75, 3.05) is 13.7 Å². The van der Waals surface area contributed by atoms with E-state index in [0.29, 0.717) is 5.56 Å². The number of esters is 1. The van der Waals surface area contributed by atoms with Crippen LogP contribution in [0.5, 0.6) is 11.5 Å². The van der Waals surface area contributed by atoms with Crippen LogP contribution in [0.1, 0.15) is 15.9 Å². The molecule has 27 heavy (non-hydrogen) atoms. The van der Waals surface area contributed by atoms with Gasteiger partial charge in [-0.3, -0.25) is 4.79 Å². The first-order chi connectivity index (χ1) is 12.8. The van der Waals surface area contributed by atoms with E-state index in [4.69, 9.17) is 16.3 Å². The van der Waals surface area contributed by atoms with Crippen LogP contribution in [0.2, 0.25) is 5.02 Å². The molecule has 0 saturated heterocycles. The number of hydrogen-bond donors (Lipinski definition) is 1. The minimum atomic E-state index is -2.91. The highest BCUT2D eigenvalue weighted by atomic mass is 35.5. The maximum atomic E-state index is 12.1. The average Bonchev–Trinajstić information content (AvgIpc) is 2.60. The first-order valence-electron chi connectivity index (χ1n) is 7.69. The van der Waals surface area contributed by atoms with Crippen LogP contribution in [0.15, 0.2) is 42.5 Å². The largest absolute Gasteiger partial charge is 0.507 e. The molecule has 6 nitrogen and oxygen atoms in total. The van der Waals surface area contributed by atoms with Crippen molar-refractivity contribution in [2.45, 2.75) is 13.2 Å². The van der Waals surface area contributed by atoms with Gasteiger partial charge in [0, 0.05) is 18.6 Å². The SMILES string of the molecule is CN(Cc1ccc(OC(F)F)cc1)C(=O)COC(=O)c1ccc(Cl)cc1O. The highest BCUT2D eigenvalue weighted by Crippen LogP contribution is 2.22. The van der Waals surface area contributed by atoms with E-state index in [2.05, 4.69) is 4.74 Å².